The Kier molecular flexibility index (Phi) is 5.59. The summed E-state index contributed by atoms with van der Waals surface area (Å²) < 4.78 is 0. The van der Waals surface area contributed by atoms with E-state index < -0.39 is 0 Å². The van der Waals surface area contributed by atoms with E-state index in [1.807, 2.05) is 0 Å². The van der Waals surface area contributed by atoms with Gasteiger partial charge in [0.25, 0.3) is 0 Å². The third-order valence-corrected chi connectivity index (χ3v) is 9.86. The van der Waals surface area contributed by atoms with Gasteiger partial charge in [0.1, 0.15) is 0 Å². The van der Waals surface area contributed by atoms with Crippen molar-refractivity contribution in [3.8, 4) is 33.4 Å². The van der Waals surface area contributed by atoms with Gasteiger partial charge in [0.05, 0.1) is 11.4 Å². The molecule has 1 nitrogen and oxygen atoms in total. The van der Waals surface area contributed by atoms with Crippen molar-refractivity contribution in [3.05, 3.63) is 162 Å². The van der Waals surface area contributed by atoms with E-state index >= 15 is 0 Å². The molecule has 0 saturated carbocycles. The van der Waals surface area contributed by atoms with Crippen LogP contribution in [0.25, 0.3) is 33.4 Å². The number of hydrogen-bond donors (Lipinski definition) is 0. The van der Waals surface area contributed by atoms with E-state index in [0.29, 0.717) is 0 Å². The Morgan fingerprint density at radius 2 is 0.953 bits per heavy atom. The molecule has 0 bridgehead atoms. The lowest BCUT2D eigenvalue weighted by molar-refractivity contribution is 0.627. The van der Waals surface area contributed by atoms with Crippen LogP contribution in [0.5, 0.6) is 0 Å². The van der Waals surface area contributed by atoms with Crippen LogP contribution in [0, 0.1) is 0 Å². The second-order valence-corrected chi connectivity index (χ2v) is 13.1. The Bertz CT molecular complexity index is 2010. The monoisotopic (exact) mass is 553 g/mol. The van der Waals surface area contributed by atoms with E-state index in [4.69, 9.17) is 0 Å². The van der Waals surface area contributed by atoms with Gasteiger partial charge in [-0.2, -0.15) is 0 Å². The van der Waals surface area contributed by atoms with Crippen molar-refractivity contribution in [2.45, 2.75) is 38.5 Å². The van der Waals surface area contributed by atoms with Crippen molar-refractivity contribution in [1.82, 2.24) is 0 Å². The fourth-order valence-electron chi connectivity index (χ4n) is 7.48. The summed E-state index contributed by atoms with van der Waals surface area (Å²) in [6.07, 6.45) is 0. The Balaban J connectivity index is 1.27. The van der Waals surface area contributed by atoms with Gasteiger partial charge < -0.3 is 4.90 Å². The summed E-state index contributed by atoms with van der Waals surface area (Å²) in [6.45, 7) is 9.50. The summed E-state index contributed by atoms with van der Waals surface area (Å²) in [7, 11) is 0. The van der Waals surface area contributed by atoms with E-state index in [0.717, 1.165) is 0 Å². The molecule has 6 aromatic rings. The average Bonchev–Trinajstić information content (AvgIpc) is 3.27. The number of para-hydroxylation sites is 1. The standard InChI is InChI=1S/C42H35N/c1-41(2)35-18-9-8-17-33(35)34-26-38-40(27-37(34)41)43(39-20-11-10-19-36(39)42(38,3)4)32-23-21-29(22-24-32)31-16-12-15-30(25-31)28-13-6-5-7-14-28/h5-27H,1-4H3. The maximum Gasteiger partial charge on any atom is 0.0506 e. The van der Waals surface area contributed by atoms with Crippen LogP contribution in [0.3, 0.4) is 0 Å². The molecule has 1 aliphatic heterocycles. The molecule has 8 rings (SSSR count). The molecule has 0 atom stereocenters. The molecule has 2 aliphatic rings. The van der Waals surface area contributed by atoms with E-state index in [-0.39, 0.29) is 10.8 Å². The van der Waals surface area contributed by atoms with Gasteiger partial charge in [-0.05, 0) is 92.0 Å². The zero-order valence-corrected chi connectivity index (χ0v) is 25.2. The molecule has 0 N–H and O–H groups in total. The van der Waals surface area contributed by atoms with Crippen LogP contribution in [-0.2, 0) is 10.8 Å². The second kappa shape index (κ2) is 9.31. The predicted octanol–water partition coefficient (Wildman–Crippen LogP) is 11.4. The van der Waals surface area contributed by atoms with E-state index in [1.54, 1.807) is 0 Å². The summed E-state index contributed by atoms with van der Waals surface area (Å²) in [4.78, 5) is 2.49. The molecule has 1 heteroatoms. The number of fused-ring (bicyclic) bond motifs is 5. The van der Waals surface area contributed by atoms with Gasteiger partial charge in [0, 0.05) is 16.5 Å². The van der Waals surface area contributed by atoms with E-state index in [1.165, 1.54) is 72.7 Å². The van der Waals surface area contributed by atoms with Crippen LogP contribution in [0.2, 0.25) is 0 Å². The topological polar surface area (TPSA) is 3.24 Å². The fraction of sp³-hybridized carbons (Fsp3) is 0.143. The number of anilines is 3. The Labute approximate surface area is 255 Å². The highest BCUT2D eigenvalue weighted by Gasteiger charge is 2.42. The smallest absolute Gasteiger partial charge is 0.0506 e. The first-order valence-electron chi connectivity index (χ1n) is 15.3. The predicted molar refractivity (Wildman–Crippen MR) is 182 cm³/mol. The molecule has 0 saturated heterocycles. The first kappa shape index (κ1) is 25.8. The summed E-state index contributed by atoms with van der Waals surface area (Å²) in [5, 5.41) is 0. The molecule has 0 fully saturated rings. The molecule has 1 heterocycles. The van der Waals surface area contributed by atoms with Crippen molar-refractivity contribution in [3.63, 3.8) is 0 Å². The van der Waals surface area contributed by atoms with Crippen molar-refractivity contribution in [2.75, 3.05) is 4.90 Å². The highest BCUT2D eigenvalue weighted by Crippen LogP contribution is 2.57. The molecule has 0 aromatic heterocycles. The van der Waals surface area contributed by atoms with Gasteiger partial charge in [-0.1, -0.05) is 131 Å². The van der Waals surface area contributed by atoms with Gasteiger partial charge >= 0.3 is 0 Å². The van der Waals surface area contributed by atoms with Crippen LogP contribution in [-0.4, -0.2) is 0 Å². The Hall–Kier alpha value is -4.88. The quantitative estimate of drug-likeness (QED) is 0.211. The van der Waals surface area contributed by atoms with Crippen LogP contribution in [0.15, 0.2) is 140 Å². The highest BCUT2D eigenvalue weighted by molar-refractivity contribution is 5.91. The van der Waals surface area contributed by atoms with Crippen LogP contribution < -0.4 is 4.90 Å². The number of hydrogen-bond acceptors (Lipinski definition) is 1. The molecule has 0 radical (unpaired) electrons. The molecule has 0 amide bonds. The Morgan fingerprint density at radius 1 is 0.372 bits per heavy atom. The number of benzene rings is 6. The summed E-state index contributed by atoms with van der Waals surface area (Å²) in [5.41, 5.74) is 16.7. The lowest BCUT2D eigenvalue weighted by Gasteiger charge is -2.43. The lowest BCUT2D eigenvalue weighted by Crippen LogP contribution is -2.31. The first-order valence-corrected chi connectivity index (χ1v) is 15.3. The third kappa shape index (κ3) is 3.85. The van der Waals surface area contributed by atoms with Crippen LogP contribution >= 0.6 is 0 Å². The van der Waals surface area contributed by atoms with Crippen LogP contribution in [0.4, 0.5) is 17.1 Å². The number of nitrogens with zero attached hydrogens (tertiary/aromatic N) is 1. The first-order chi connectivity index (χ1) is 20.8. The molecule has 1 aliphatic carbocycles. The Morgan fingerprint density at radius 3 is 1.70 bits per heavy atom. The lowest BCUT2D eigenvalue weighted by atomic mass is 9.72. The zero-order chi connectivity index (χ0) is 29.3. The normalized spacial score (nSPS) is 15.3. The SMILES string of the molecule is CC1(C)c2ccccc2-c2cc3c(cc21)N(c1ccc(-c2cccc(-c4ccccc4)c2)cc1)c1ccccc1C3(C)C. The minimum atomic E-state index is -0.128. The van der Waals surface area contributed by atoms with Crippen molar-refractivity contribution in [2.24, 2.45) is 0 Å². The molecule has 0 unspecified atom stereocenters. The fourth-order valence-corrected chi connectivity index (χ4v) is 7.48. The van der Waals surface area contributed by atoms with E-state index in [2.05, 4.69) is 172 Å². The summed E-state index contributed by atoms with van der Waals surface area (Å²) in [6, 6.07) is 51.4. The molecular formula is C42H35N. The minimum Gasteiger partial charge on any atom is -0.310 e. The largest absolute Gasteiger partial charge is 0.310 e. The molecule has 6 aromatic carbocycles. The molecule has 43 heavy (non-hydrogen) atoms. The maximum atomic E-state index is 2.49. The van der Waals surface area contributed by atoms with Crippen molar-refractivity contribution in [1.29, 1.82) is 0 Å². The summed E-state index contributed by atoms with van der Waals surface area (Å²) >= 11 is 0. The van der Waals surface area contributed by atoms with Gasteiger partial charge in [0.15, 0.2) is 0 Å². The maximum absolute atomic E-state index is 2.49. The second-order valence-electron chi connectivity index (χ2n) is 13.1. The van der Waals surface area contributed by atoms with Gasteiger partial charge in [0.2, 0.25) is 0 Å². The van der Waals surface area contributed by atoms with Gasteiger partial charge in [-0.15, -0.1) is 0 Å². The van der Waals surface area contributed by atoms with Crippen molar-refractivity contribution < 1.29 is 0 Å². The van der Waals surface area contributed by atoms with Gasteiger partial charge in [-0.25, -0.2) is 0 Å². The van der Waals surface area contributed by atoms with Gasteiger partial charge in [-0.3, -0.25) is 0 Å². The number of rotatable bonds is 3. The third-order valence-electron chi connectivity index (χ3n) is 9.86. The average molecular weight is 554 g/mol. The zero-order valence-electron chi connectivity index (χ0n) is 25.2. The van der Waals surface area contributed by atoms with E-state index in [9.17, 15) is 0 Å². The molecular weight excluding hydrogens is 518 g/mol. The minimum absolute atomic E-state index is 0.0542. The van der Waals surface area contributed by atoms with Crippen LogP contribution in [0.1, 0.15) is 49.9 Å². The molecule has 208 valence electrons. The highest BCUT2D eigenvalue weighted by atomic mass is 15.2. The van der Waals surface area contributed by atoms with Crippen molar-refractivity contribution >= 4 is 17.1 Å². The molecule has 0 spiro atoms. The summed E-state index contributed by atoms with van der Waals surface area (Å²) in [5.74, 6) is 0.